The predicted molar refractivity (Wildman–Crippen MR) is 81.9 cm³/mol. The van der Waals surface area contributed by atoms with Crippen molar-refractivity contribution in [2.24, 2.45) is 5.73 Å². The van der Waals surface area contributed by atoms with E-state index in [1.807, 2.05) is 6.07 Å². The fraction of sp³-hybridized carbons (Fsp3) is 0.500. The molecule has 1 aromatic carbocycles. The molecule has 1 saturated heterocycles. The van der Waals surface area contributed by atoms with E-state index in [1.54, 1.807) is 24.3 Å². The molecule has 0 radical (unpaired) electrons. The fourth-order valence-corrected chi connectivity index (χ4v) is 4.13. The van der Waals surface area contributed by atoms with Crippen LogP contribution in [0.25, 0.3) is 0 Å². The zero-order valence-corrected chi connectivity index (χ0v) is 12.8. The van der Waals surface area contributed by atoms with Gasteiger partial charge in [-0.1, -0.05) is 24.6 Å². The lowest BCUT2D eigenvalue weighted by Crippen LogP contribution is -2.47. The smallest absolute Gasteiger partial charge is 0.304 e. The SMILES string of the molecule is NC(=O)CCN(c1ccccc1)S(=O)(=O)N1CCCCC1. The topological polar surface area (TPSA) is 83.7 Å². The van der Waals surface area contributed by atoms with E-state index in [2.05, 4.69) is 0 Å². The third kappa shape index (κ3) is 3.95. The Morgan fingerprint density at radius 1 is 1.14 bits per heavy atom. The maximum atomic E-state index is 12.8. The van der Waals surface area contributed by atoms with Crippen LogP contribution in [0.5, 0.6) is 0 Å². The van der Waals surface area contributed by atoms with Gasteiger partial charge in [0.2, 0.25) is 5.91 Å². The highest BCUT2D eigenvalue weighted by atomic mass is 32.2. The van der Waals surface area contributed by atoms with Gasteiger partial charge in [0.25, 0.3) is 0 Å². The maximum Gasteiger partial charge on any atom is 0.304 e. The molecule has 2 N–H and O–H groups in total. The predicted octanol–water partition coefficient (Wildman–Crippen LogP) is 1.10. The number of carbonyl (C=O) groups is 1. The zero-order valence-electron chi connectivity index (χ0n) is 11.9. The highest BCUT2D eigenvalue weighted by molar-refractivity contribution is 7.90. The molecule has 116 valence electrons. The molecule has 7 heteroatoms. The molecule has 0 bridgehead atoms. The van der Waals surface area contributed by atoms with Crippen LogP contribution >= 0.6 is 0 Å². The molecule has 0 aromatic heterocycles. The van der Waals surface area contributed by atoms with Crippen molar-refractivity contribution in [3.63, 3.8) is 0 Å². The van der Waals surface area contributed by atoms with Crippen molar-refractivity contribution in [2.75, 3.05) is 23.9 Å². The third-order valence-electron chi connectivity index (χ3n) is 3.53. The van der Waals surface area contributed by atoms with E-state index < -0.39 is 16.1 Å². The molecule has 1 aliphatic heterocycles. The van der Waals surface area contributed by atoms with Crippen molar-refractivity contribution in [1.82, 2.24) is 4.31 Å². The number of carbonyl (C=O) groups excluding carboxylic acids is 1. The minimum Gasteiger partial charge on any atom is -0.370 e. The van der Waals surface area contributed by atoms with Crippen LogP contribution in [-0.2, 0) is 15.0 Å². The highest BCUT2D eigenvalue weighted by Gasteiger charge is 2.30. The Morgan fingerprint density at radius 3 is 2.33 bits per heavy atom. The van der Waals surface area contributed by atoms with E-state index in [-0.39, 0.29) is 13.0 Å². The second kappa shape index (κ2) is 6.91. The van der Waals surface area contributed by atoms with Crippen LogP contribution < -0.4 is 10.0 Å². The zero-order chi connectivity index (χ0) is 15.3. The first-order chi connectivity index (χ1) is 10.0. The number of nitrogens with zero attached hydrogens (tertiary/aromatic N) is 2. The molecule has 0 atom stereocenters. The van der Waals surface area contributed by atoms with Crippen LogP contribution in [0.1, 0.15) is 25.7 Å². The Hall–Kier alpha value is -1.60. The van der Waals surface area contributed by atoms with Gasteiger partial charge in [-0.15, -0.1) is 0 Å². The second-order valence-electron chi connectivity index (χ2n) is 5.09. The molecule has 2 rings (SSSR count). The van der Waals surface area contributed by atoms with Crippen LogP contribution in [-0.4, -0.2) is 38.3 Å². The molecule has 1 aromatic rings. The lowest BCUT2D eigenvalue weighted by atomic mass is 10.2. The number of primary amides is 1. The number of hydrogen-bond donors (Lipinski definition) is 1. The van der Waals surface area contributed by atoms with Crippen molar-refractivity contribution in [3.05, 3.63) is 30.3 Å². The van der Waals surface area contributed by atoms with Gasteiger partial charge in [-0.3, -0.25) is 9.10 Å². The lowest BCUT2D eigenvalue weighted by molar-refractivity contribution is -0.117. The number of para-hydroxylation sites is 1. The largest absolute Gasteiger partial charge is 0.370 e. The Kier molecular flexibility index (Phi) is 5.19. The number of piperidine rings is 1. The molecular weight excluding hydrogens is 290 g/mol. The minimum absolute atomic E-state index is 0.00195. The normalized spacial score (nSPS) is 16.6. The van der Waals surface area contributed by atoms with Gasteiger partial charge in [-0.05, 0) is 25.0 Å². The van der Waals surface area contributed by atoms with Gasteiger partial charge in [0, 0.05) is 26.1 Å². The molecule has 1 heterocycles. The molecular formula is C14H21N3O3S. The van der Waals surface area contributed by atoms with Gasteiger partial charge in [0.15, 0.2) is 0 Å². The van der Waals surface area contributed by atoms with Crippen LogP contribution in [0.3, 0.4) is 0 Å². The van der Waals surface area contributed by atoms with Crippen molar-refractivity contribution in [3.8, 4) is 0 Å². The fourth-order valence-electron chi connectivity index (χ4n) is 2.42. The van der Waals surface area contributed by atoms with E-state index >= 15 is 0 Å². The standard InChI is InChI=1S/C14H21N3O3S/c15-14(18)9-12-17(13-7-3-1-4-8-13)21(19,20)16-10-5-2-6-11-16/h1,3-4,7-8H,2,5-6,9-12H2,(H2,15,18). The van der Waals surface area contributed by atoms with E-state index in [1.165, 1.54) is 8.61 Å². The van der Waals surface area contributed by atoms with Crippen LogP contribution in [0.2, 0.25) is 0 Å². The van der Waals surface area contributed by atoms with E-state index in [4.69, 9.17) is 5.73 Å². The summed E-state index contributed by atoms with van der Waals surface area (Å²) >= 11 is 0. The van der Waals surface area contributed by atoms with Gasteiger partial charge in [0.1, 0.15) is 0 Å². The number of anilines is 1. The average molecular weight is 311 g/mol. The summed E-state index contributed by atoms with van der Waals surface area (Å²) in [5, 5.41) is 0. The van der Waals surface area contributed by atoms with Gasteiger partial charge in [-0.25, -0.2) is 0 Å². The van der Waals surface area contributed by atoms with Gasteiger partial charge in [0.05, 0.1) is 5.69 Å². The van der Waals surface area contributed by atoms with E-state index in [9.17, 15) is 13.2 Å². The Balaban J connectivity index is 2.27. The third-order valence-corrected chi connectivity index (χ3v) is 5.49. The van der Waals surface area contributed by atoms with E-state index in [0.29, 0.717) is 18.8 Å². The summed E-state index contributed by atoms with van der Waals surface area (Å²) in [6.07, 6.45) is 2.80. The average Bonchev–Trinajstić information content (AvgIpc) is 2.49. The first kappa shape index (κ1) is 15.8. The van der Waals surface area contributed by atoms with Crippen molar-refractivity contribution >= 4 is 21.8 Å². The minimum atomic E-state index is -3.61. The first-order valence-electron chi connectivity index (χ1n) is 7.13. The summed E-state index contributed by atoms with van der Waals surface area (Å²) in [4.78, 5) is 11.0. The van der Waals surface area contributed by atoms with Crippen LogP contribution in [0.4, 0.5) is 5.69 Å². The monoisotopic (exact) mass is 311 g/mol. The van der Waals surface area contributed by atoms with E-state index in [0.717, 1.165) is 19.3 Å². The molecule has 21 heavy (non-hydrogen) atoms. The number of nitrogens with two attached hydrogens (primary N) is 1. The summed E-state index contributed by atoms with van der Waals surface area (Å²) in [6, 6.07) is 8.82. The van der Waals surface area contributed by atoms with Gasteiger partial charge < -0.3 is 5.73 Å². The summed E-state index contributed by atoms with van der Waals surface area (Å²) in [7, 11) is -3.61. The number of benzene rings is 1. The van der Waals surface area contributed by atoms with Crippen molar-refractivity contribution in [2.45, 2.75) is 25.7 Å². The van der Waals surface area contributed by atoms with Gasteiger partial charge >= 0.3 is 10.2 Å². The molecule has 1 fully saturated rings. The molecule has 0 aliphatic carbocycles. The van der Waals surface area contributed by atoms with Crippen LogP contribution in [0, 0.1) is 0 Å². The van der Waals surface area contributed by atoms with Gasteiger partial charge in [-0.2, -0.15) is 12.7 Å². The molecule has 1 aliphatic rings. The Bertz CT molecular complexity index is 568. The molecule has 0 unspecified atom stereocenters. The molecule has 1 amide bonds. The molecule has 0 spiro atoms. The quantitative estimate of drug-likeness (QED) is 0.854. The molecule has 0 saturated carbocycles. The summed E-state index contributed by atoms with van der Waals surface area (Å²) in [5.74, 6) is -0.509. The number of hydrogen-bond acceptors (Lipinski definition) is 3. The Morgan fingerprint density at radius 2 is 1.76 bits per heavy atom. The summed E-state index contributed by atoms with van der Waals surface area (Å²) < 4.78 is 28.4. The van der Waals surface area contributed by atoms with Crippen molar-refractivity contribution < 1.29 is 13.2 Å². The van der Waals surface area contributed by atoms with Crippen molar-refractivity contribution in [1.29, 1.82) is 0 Å². The lowest BCUT2D eigenvalue weighted by Gasteiger charge is -2.33. The number of amides is 1. The maximum absolute atomic E-state index is 12.8. The summed E-state index contributed by atoms with van der Waals surface area (Å²) in [6.45, 7) is 1.13. The first-order valence-corrected chi connectivity index (χ1v) is 8.52. The highest BCUT2D eigenvalue weighted by Crippen LogP contribution is 2.23. The van der Waals surface area contributed by atoms with Crippen LogP contribution in [0.15, 0.2) is 30.3 Å². The number of rotatable bonds is 6. The Labute approximate surface area is 125 Å². The second-order valence-corrected chi connectivity index (χ2v) is 6.94. The summed E-state index contributed by atoms with van der Waals surface area (Å²) in [5.41, 5.74) is 5.73. The molecule has 6 nitrogen and oxygen atoms in total.